The van der Waals surface area contributed by atoms with Crippen molar-refractivity contribution < 1.29 is 14.7 Å². The van der Waals surface area contributed by atoms with Gasteiger partial charge in [-0.2, -0.15) is 5.10 Å². The molecule has 0 saturated carbocycles. The lowest BCUT2D eigenvalue weighted by Gasteiger charge is -2.34. The molecule has 2 unspecified atom stereocenters. The lowest BCUT2D eigenvalue weighted by Crippen LogP contribution is -2.45. The summed E-state index contributed by atoms with van der Waals surface area (Å²) in [6.07, 6.45) is 2.17. The minimum Gasteiger partial charge on any atom is -0.481 e. The molecule has 2 aromatic rings. The van der Waals surface area contributed by atoms with Crippen molar-refractivity contribution in [2.75, 3.05) is 13.1 Å². The van der Waals surface area contributed by atoms with Crippen molar-refractivity contribution in [2.24, 2.45) is 11.8 Å². The fourth-order valence-corrected chi connectivity index (χ4v) is 3.94. The molecule has 0 radical (unpaired) electrons. The number of benzene rings is 1. The highest BCUT2D eigenvalue weighted by Gasteiger charge is 2.34. The van der Waals surface area contributed by atoms with Gasteiger partial charge in [0.2, 0.25) is 0 Å². The highest BCUT2D eigenvalue weighted by Crippen LogP contribution is 2.28. The topological polar surface area (TPSA) is 75.4 Å². The van der Waals surface area contributed by atoms with E-state index in [1.807, 2.05) is 32.9 Å². The quantitative estimate of drug-likeness (QED) is 0.862. The number of carbonyl (C=O) groups is 2. The third-order valence-corrected chi connectivity index (χ3v) is 5.17. The number of aliphatic carboxylic acids is 1. The van der Waals surface area contributed by atoms with Gasteiger partial charge < -0.3 is 10.0 Å². The molecule has 3 rings (SSSR count). The zero-order chi connectivity index (χ0) is 19.7. The highest BCUT2D eigenvalue weighted by molar-refractivity contribution is 6.30. The predicted octanol–water partition coefficient (Wildman–Crippen LogP) is 3.83. The number of hydrogen-bond donors (Lipinski definition) is 1. The van der Waals surface area contributed by atoms with Gasteiger partial charge in [0.05, 0.1) is 29.1 Å². The van der Waals surface area contributed by atoms with Crippen molar-refractivity contribution in [3.8, 4) is 5.69 Å². The molecule has 1 fully saturated rings. The zero-order valence-electron chi connectivity index (χ0n) is 15.7. The number of carboxylic acid groups (broad SMARTS) is 1. The highest BCUT2D eigenvalue weighted by atomic mass is 35.5. The van der Waals surface area contributed by atoms with Crippen LogP contribution in [0.3, 0.4) is 0 Å². The Morgan fingerprint density at radius 1 is 1.30 bits per heavy atom. The van der Waals surface area contributed by atoms with Gasteiger partial charge in [0, 0.05) is 18.1 Å². The molecule has 1 saturated heterocycles. The molecule has 1 aromatic carbocycles. The average Bonchev–Trinajstić information content (AvgIpc) is 3.05. The minimum atomic E-state index is -0.849. The summed E-state index contributed by atoms with van der Waals surface area (Å²) in [5.74, 6) is -1.33. The van der Waals surface area contributed by atoms with E-state index in [-0.39, 0.29) is 24.3 Å². The molecule has 2 atom stereocenters. The Kier molecular flexibility index (Phi) is 5.56. The third kappa shape index (κ3) is 4.00. The van der Waals surface area contributed by atoms with Gasteiger partial charge in [-0.15, -0.1) is 0 Å². The van der Waals surface area contributed by atoms with Crippen LogP contribution in [-0.2, 0) is 4.79 Å². The van der Waals surface area contributed by atoms with Crippen LogP contribution in [0.4, 0.5) is 0 Å². The summed E-state index contributed by atoms with van der Waals surface area (Å²) in [6, 6.07) is 7.33. The van der Waals surface area contributed by atoms with Crippen molar-refractivity contribution in [3.63, 3.8) is 0 Å². The van der Waals surface area contributed by atoms with E-state index in [9.17, 15) is 14.7 Å². The monoisotopic (exact) mass is 389 g/mol. The first-order valence-corrected chi connectivity index (χ1v) is 9.51. The molecule has 1 aromatic heterocycles. The number of rotatable bonds is 4. The van der Waals surface area contributed by atoms with Crippen LogP contribution in [0.2, 0.25) is 5.02 Å². The first-order chi connectivity index (χ1) is 12.8. The van der Waals surface area contributed by atoms with E-state index in [0.717, 1.165) is 11.4 Å². The number of likely N-dealkylation sites (tertiary alicyclic amines) is 1. The van der Waals surface area contributed by atoms with Crippen LogP contribution in [-0.4, -0.2) is 44.8 Å². The van der Waals surface area contributed by atoms with Crippen LogP contribution in [0.15, 0.2) is 30.5 Å². The van der Waals surface area contributed by atoms with E-state index in [1.165, 1.54) is 0 Å². The van der Waals surface area contributed by atoms with Crippen LogP contribution in [0.25, 0.3) is 5.69 Å². The molecule has 0 spiro atoms. The number of nitrogens with zero attached hydrogens (tertiary/aromatic N) is 3. The van der Waals surface area contributed by atoms with Gasteiger partial charge in [-0.1, -0.05) is 38.4 Å². The molecule has 0 aliphatic carbocycles. The molecule has 2 heterocycles. The van der Waals surface area contributed by atoms with Crippen molar-refractivity contribution in [1.29, 1.82) is 0 Å². The van der Waals surface area contributed by atoms with Gasteiger partial charge in [0.25, 0.3) is 5.91 Å². The fraction of sp³-hybridized carbons (Fsp3) is 0.450. The van der Waals surface area contributed by atoms with Crippen LogP contribution in [0, 0.1) is 11.8 Å². The van der Waals surface area contributed by atoms with Crippen molar-refractivity contribution in [1.82, 2.24) is 14.7 Å². The maximum Gasteiger partial charge on any atom is 0.308 e. The summed E-state index contributed by atoms with van der Waals surface area (Å²) in [4.78, 5) is 26.3. The molecule has 1 N–H and O–H groups in total. The predicted molar refractivity (Wildman–Crippen MR) is 103 cm³/mol. The van der Waals surface area contributed by atoms with Crippen molar-refractivity contribution in [2.45, 2.75) is 33.1 Å². The second-order valence-corrected chi connectivity index (χ2v) is 8.01. The van der Waals surface area contributed by atoms with E-state index in [2.05, 4.69) is 5.10 Å². The summed E-state index contributed by atoms with van der Waals surface area (Å²) < 4.78 is 1.74. The van der Waals surface area contributed by atoms with Crippen molar-refractivity contribution >= 4 is 23.5 Å². The summed E-state index contributed by atoms with van der Waals surface area (Å²) in [5.41, 5.74) is 2.11. The van der Waals surface area contributed by atoms with Crippen molar-refractivity contribution in [3.05, 3.63) is 46.7 Å². The number of halogens is 1. The Morgan fingerprint density at radius 2 is 2.04 bits per heavy atom. The Bertz CT molecular complexity index is 862. The van der Waals surface area contributed by atoms with E-state index in [4.69, 9.17) is 11.6 Å². The Labute approximate surface area is 163 Å². The lowest BCUT2D eigenvalue weighted by molar-refractivity contribution is -0.143. The minimum absolute atomic E-state index is 0.0583. The largest absolute Gasteiger partial charge is 0.481 e. The van der Waals surface area contributed by atoms with Crippen LogP contribution in [0.1, 0.15) is 49.2 Å². The molecule has 6 nitrogen and oxygen atoms in total. The molecule has 1 aliphatic heterocycles. The van der Waals surface area contributed by atoms with Crippen LogP contribution < -0.4 is 0 Å². The smallest absolute Gasteiger partial charge is 0.308 e. The van der Waals surface area contributed by atoms with Crippen LogP contribution >= 0.6 is 11.6 Å². The summed E-state index contributed by atoms with van der Waals surface area (Å²) >= 11 is 6.11. The zero-order valence-corrected chi connectivity index (χ0v) is 16.5. The summed E-state index contributed by atoms with van der Waals surface area (Å²) in [5, 5.41) is 14.4. The number of hydrogen-bond acceptors (Lipinski definition) is 3. The number of carbonyl (C=O) groups excluding carboxylic acids is 1. The second-order valence-electron chi connectivity index (χ2n) is 7.58. The Morgan fingerprint density at radius 3 is 2.67 bits per heavy atom. The SMILES string of the molecule is CC1CC(C(=O)O)CN(C(=O)c2cnn(-c3cccc(Cl)c3)c2C(C)C)C1. The van der Waals surface area contributed by atoms with Gasteiger partial charge in [-0.3, -0.25) is 9.59 Å². The standard InChI is InChI=1S/C20H24ClN3O3/c1-12(2)18-17(9-22-24(18)16-6-4-5-15(21)8-16)19(25)23-10-13(3)7-14(11-23)20(26)27/h4-6,8-9,12-14H,7,10-11H2,1-3H3,(H,26,27). The van der Waals surface area contributed by atoms with Gasteiger partial charge >= 0.3 is 5.97 Å². The van der Waals surface area contributed by atoms with E-state index >= 15 is 0 Å². The lowest BCUT2D eigenvalue weighted by atomic mass is 9.90. The Balaban J connectivity index is 1.97. The molecule has 1 amide bonds. The molecule has 0 bridgehead atoms. The van der Waals surface area contributed by atoms with Gasteiger partial charge in [0.1, 0.15) is 0 Å². The molecule has 7 heteroatoms. The third-order valence-electron chi connectivity index (χ3n) is 4.93. The van der Waals surface area contributed by atoms with Gasteiger partial charge in [-0.25, -0.2) is 4.68 Å². The summed E-state index contributed by atoms with van der Waals surface area (Å²) in [7, 11) is 0. The first-order valence-electron chi connectivity index (χ1n) is 9.13. The average molecular weight is 390 g/mol. The molecular weight excluding hydrogens is 366 g/mol. The van der Waals surface area contributed by atoms with E-state index in [1.54, 1.807) is 27.9 Å². The first kappa shape index (κ1) is 19.4. The molecule has 144 valence electrons. The second kappa shape index (κ2) is 7.72. The molecule has 27 heavy (non-hydrogen) atoms. The number of carboxylic acids is 1. The Hall–Kier alpha value is -2.34. The van der Waals surface area contributed by atoms with Crippen LogP contribution in [0.5, 0.6) is 0 Å². The summed E-state index contributed by atoms with van der Waals surface area (Å²) in [6.45, 7) is 6.79. The maximum atomic E-state index is 13.2. The van der Waals surface area contributed by atoms with Gasteiger partial charge in [0.15, 0.2) is 0 Å². The fourth-order valence-electron chi connectivity index (χ4n) is 3.76. The molecular formula is C20H24ClN3O3. The number of piperidine rings is 1. The number of aromatic nitrogens is 2. The normalized spacial score (nSPS) is 20.1. The van der Waals surface area contributed by atoms with E-state index in [0.29, 0.717) is 23.6 Å². The number of amides is 1. The van der Waals surface area contributed by atoms with E-state index < -0.39 is 11.9 Å². The molecule has 1 aliphatic rings. The van der Waals surface area contributed by atoms with Gasteiger partial charge in [-0.05, 0) is 36.5 Å². The maximum absolute atomic E-state index is 13.2.